The van der Waals surface area contributed by atoms with Crippen molar-refractivity contribution in [1.29, 1.82) is 0 Å². The topological polar surface area (TPSA) is 90.1 Å². The predicted molar refractivity (Wildman–Crippen MR) is 86.3 cm³/mol. The first-order chi connectivity index (χ1) is 11.5. The van der Waals surface area contributed by atoms with E-state index in [1.54, 1.807) is 26.2 Å². The van der Waals surface area contributed by atoms with Crippen LogP contribution in [0.5, 0.6) is 0 Å². The summed E-state index contributed by atoms with van der Waals surface area (Å²) in [5.74, 6) is 1.000. The Morgan fingerprint density at radius 2 is 2.04 bits per heavy atom. The molecule has 1 amide bonds. The van der Waals surface area contributed by atoms with Gasteiger partial charge in [-0.1, -0.05) is 5.16 Å². The number of hydrogen-bond donors (Lipinski definition) is 1. The van der Waals surface area contributed by atoms with Crippen molar-refractivity contribution in [3.63, 3.8) is 0 Å². The second-order valence-corrected chi connectivity index (χ2v) is 6.33. The van der Waals surface area contributed by atoms with Gasteiger partial charge in [0.2, 0.25) is 0 Å². The zero-order valence-electron chi connectivity index (χ0n) is 14.3. The number of nitrogens with zero attached hydrogens (tertiary/aromatic N) is 3. The Morgan fingerprint density at radius 3 is 2.62 bits per heavy atom. The van der Waals surface area contributed by atoms with Crippen molar-refractivity contribution in [2.24, 2.45) is 0 Å². The fourth-order valence-electron chi connectivity index (χ4n) is 2.91. The van der Waals surface area contributed by atoms with Crippen LogP contribution < -0.4 is 5.32 Å². The van der Waals surface area contributed by atoms with E-state index < -0.39 is 5.60 Å². The van der Waals surface area contributed by atoms with E-state index in [1.165, 1.54) is 0 Å². The second kappa shape index (κ2) is 6.68. The molecule has 1 N–H and O–H groups in total. The minimum Gasteiger partial charge on any atom is -0.367 e. The fourth-order valence-corrected chi connectivity index (χ4v) is 2.91. The van der Waals surface area contributed by atoms with Crippen LogP contribution in [0.15, 0.2) is 16.9 Å². The molecule has 1 unspecified atom stereocenters. The van der Waals surface area contributed by atoms with Crippen molar-refractivity contribution in [2.45, 2.75) is 52.2 Å². The third-order valence-electron chi connectivity index (χ3n) is 4.36. The highest BCUT2D eigenvalue weighted by atomic mass is 16.5. The van der Waals surface area contributed by atoms with Gasteiger partial charge in [0, 0.05) is 31.1 Å². The van der Waals surface area contributed by atoms with Gasteiger partial charge in [0.1, 0.15) is 16.9 Å². The van der Waals surface area contributed by atoms with Crippen LogP contribution in [0.25, 0.3) is 0 Å². The molecular weight excluding hydrogens is 308 g/mol. The lowest BCUT2D eigenvalue weighted by Crippen LogP contribution is -2.32. The van der Waals surface area contributed by atoms with E-state index in [0.717, 1.165) is 31.4 Å². The average molecular weight is 330 g/mol. The summed E-state index contributed by atoms with van der Waals surface area (Å²) in [5, 5.41) is 6.63. The van der Waals surface area contributed by atoms with E-state index in [-0.39, 0.29) is 5.91 Å². The van der Waals surface area contributed by atoms with Crippen molar-refractivity contribution >= 4 is 5.91 Å². The molecule has 0 spiro atoms. The van der Waals surface area contributed by atoms with E-state index in [0.29, 0.717) is 29.4 Å². The van der Waals surface area contributed by atoms with Gasteiger partial charge in [-0.15, -0.1) is 0 Å². The lowest BCUT2D eigenvalue weighted by atomic mass is 9.95. The molecule has 1 atom stereocenters. The first-order valence-electron chi connectivity index (χ1n) is 8.16. The van der Waals surface area contributed by atoms with E-state index in [9.17, 15) is 4.79 Å². The largest absolute Gasteiger partial charge is 0.367 e. The highest BCUT2D eigenvalue weighted by molar-refractivity contribution is 5.95. The van der Waals surface area contributed by atoms with Crippen molar-refractivity contribution in [3.05, 3.63) is 40.8 Å². The Bertz CT molecular complexity index is 698. The quantitative estimate of drug-likeness (QED) is 0.926. The molecule has 24 heavy (non-hydrogen) atoms. The third-order valence-corrected chi connectivity index (χ3v) is 4.36. The normalized spacial score (nSPS) is 20.8. The maximum absolute atomic E-state index is 12.2. The van der Waals surface area contributed by atoms with Crippen molar-refractivity contribution in [1.82, 2.24) is 20.4 Å². The predicted octanol–water partition coefficient (Wildman–Crippen LogP) is 2.43. The van der Waals surface area contributed by atoms with Crippen molar-refractivity contribution in [2.75, 3.05) is 6.61 Å². The summed E-state index contributed by atoms with van der Waals surface area (Å²) in [6, 6.07) is 0. The number of rotatable bonds is 4. The van der Waals surface area contributed by atoms with Crippen LogP contribution in [0.3, 0.4) is 0 Å². The van der Waals surface area contributed by atoms with Crippen LogP contribution in [0, 0.1) is 13.8 Å². The summed E-state index contributed by atoms with van der Waals surface area (Å²) < 4.78 is 10.9. The van der Waals surface area contributed by atoms with Gasteiger partial charge in [-0.3, -0.25) is 4.79 Å². The standard InChI is InChI=1S/C17H22N4O3/c1-11-14(12(2)24-21-11)15(22)18-8-13-9-19-16(20-10-13)17(3)6-4-5-7-23-17/h9-10H,4-8H2,1-3H3,(H,18,22). The van der Waals surface area contributed by atoms with Gasteiger partial charge in [0.05, 0.1) is 5.69 Å². The summed E-state index contributed by atoms with van der Waals surface area (Å²) in [7, 11) is 0. The Labute approximate surface area is 140 Å². The Kier molecular flexibility index (Phi) is 4.62. The summed E-state index contributed by atoms with van der Waals surface area (Å²) in [4.78, 5) is 21.1. The van der Waals surface area contributed by atoms with Crippen molar-refractivity contribution in [3.8, 4) is 0 Å². The number of carbonyl (C=O) groups excluding carboxylic acids is 1. The third kappa shape index (κ3) is 3.31. The maximum atomic E-state index is 12.2. The van der Waals surface area contributed by atoms with Crippen LogP contribution >= 0.6 is 0 Å². The highest BCUT2D eigenvalue weighted by Crippen LogP contribution is 2.32. The molecular formula is C17H22N4O3. The van der Waals surface area contributed by atoms with E-state index in [2.05, 4.69) is 20.4 Å². The lowest BCUT2D eigenvalue weighted by Gasteiger charge is -2.32. The van der Waals surface area contributed by atoms with Crippen LogP contribution in [0.4, 0.5) is 0 Å². The molecule has 7 heteroatoms. The molecule has 7 nitrogen and oxygen atoms in total. The molecule has 3 heterocycles. The summed E-state index contributed by atoms with van der Waals surface area (Å²) in [6.07, 6.45) is 6.60. The van der Waals surface area contributed by atoms with Gasteiger partial charge in [-0.2, -0.15) is 0 Å². The number of aromatic nitrogens is 3. The van der Waals surface area contributed by atoms with Gasteiger partial charge >= 0.3 is 0 Å². The van der Waals surface area contributed by atoms with Gasteiger partial charge < -0.3 is 14.6 Å². The average Bonchev–Trinajstić information content (AvgIpc) is 2.92. The van der Waals surface area contributed by atoms with Crippen LogP contribution in [-0.4, -0.2) is 27.6 Å². The number of amides is 1. The van der Waals surface area contributed by atoms with Crippen LogP contribution in [0.1, 0.15) is 59.4 Å². The molecule has 128 valence electrons. The molecule has 0 saturated carbocycles. The van der Waals surface area contributed by atoms with E-state index in [4.69, 9.17) is 9.26 Å². The van der Waals surface area contributed by atoms with Crippen LogP contribution in [-0.2, 0) is 16.9 Å². The van der Waals surface area contributed by atoms with E-state index in [1.807, 2.05) is 6.92 Å². The molecule has 3 rings (SSSR count). The molecule has 1 aliphatic heterocycles. The molecule has 0 radical (unpaired) electrons. The van der Waals surface area contributed by atoms with E-state index >= 15 is 0 Å². The monoisotopic (exact) mass is 330 g/mol. The van der Waals surface area contributed by atoms with Gasteiger partial charge in [-0.25, -0.2) is 9.97 Å². The van der Waals surface area contributed by atoms with Crippen molar-refractivity contribution < 1.29 is 14.1 Å². The summed E-state index contributed by atoms with van der Waals surface area (Å²) in [5.41, 5.74) is 1.49. The number of ether oxygens (including phenoxy) is 1. The first-order valence-corrected chi connectivity index (χ1v) is 8.16. The molecule has 0 bridgehead atoms. The minimum atomic E-state index is -0.406. The number of nitrogens with one attached hydrogen (secondary N) is 1. The Morgan fingerprint density at radius 1 is 1.29 bits per heavy atom. The summed E-state index contributed by atoms with van der Waals surface area (Å²) in [6.45, 7) is 6.59. The van der Waals surface area contributed by atoms with Gasteiger partial charge in [0.15, 0.2) is 5.82 Å². The highest BCUT2D eigenvalue weighted by Gasteiger charge is 2.32. The maximum Gasteiger partial charge on any atom is 0.257 e. The zero-order valence-corrected chi connectivity index (χ0v) is 14.3. The zero-order chi connectivity index (χ0) is 17.2. The molecule has 0 aromatic carbocycles. The number of hydrogen-bond acceptors (Lipinski definition) is 6. The number of aryl methyl sites for hydroxylation is 2. The van der Waals surface area contributed by atoms with Gasteiger partial charge in [0.25, 0.3) is 5.91 Å². The summed E-state index contributed by atoms with van der Waals surface area (Å²) >= 11 is 0. The Hall–Kier alpha value is -2.28. The van der Waals surface area contributed by atoms with Gasteiger partial charge in [-0.05, 0) is 40.0 Å². The molecule has 0 aliphatic carbocycles. The number of carbonyl (C=O) groups is 1. The first kappa shape index (κ1) is 16.6. The lowest BCUT2D eigenvalue weighted by molar-refractivity contribution is -0.0760. The molecule has 2 aromatic rings. The molecule has 2 aromatic heterocycles. The molecule has 1 aliphatic rings. The smallest absolute Gasteiger partial charge is 0.257 e. The fraction of sp³-hybridized carbons (Fsp3) is 0.529. The Balaban J connectivity index is 1.63. The minimum absolute atomic E-state index is 0.210. The second-order valence-electron chi connectivity index (χ2n) is 6.33. The molecule has 1 saturated heterocycles. The van der Waals surface area contributed by atoms with Crippen LogP contribution in [0.2, 0.25) is 0 Å². The molecule has 1 fully saturated rings. The SMILES string of the molecule is Cc1noc(C)c1C(=O)NCc1cnc(C2(C)CCCCO2)nc1.